The van der Waals surface area contributed by atoms with E-state index in [1.807, 2.05) is 43.3 Å². The van der Waals surface area contributed by atoms with Crippen LogP contribution in [0.1, 0.15) is 23.6 Å². The molecule has 0 aliphatic heterocycles. The van der Waals surface area contributed by atoms with Crippen LogP contribution in [0.25, 0.3) is 0 Å². The highest BCUT2D eigenvalue weighted by Gasteiger charge is 2.13. The van der Waals surface area contributed by atoms with E-state index in [2.05, 4.69) is 21.2 Å². The van der Waals surface area contributed by atoms with Gasteiger partial charge in [-0.1, -0.05) is 41.9 Å². The summed E-state index contributed by atoms with van der Waals surface area (Å²) >= 11 is 9.50. The molecule has 1 N–H and O–H groups in total. The molecule has 0 saturated carbocycles. The molecule has 158 valence electrons. The summed E-state index contributed by atoms with van der Waals surface area (Å²) in [6, 6.07) is 18.4. The lowest BCUT2D eigenvalue weighted by Gasteiger charge is -2.16. The fourth-order valence-electron chi connectivity index (χ4n) is 3.01. The van der Waals surface area contributed by atoms with E-state index in [4.69, 9.17) is 21.1 Å². The fraction of sp³-hybridized carbons (Fsp3) is 0.250. The number of ether oxygens (including phenoxy) is 2. The van der Waals surface area contributed by atoms with Crippen molar-refractivity contribution in [2.24, 2.45) is 0 Å². The number of hydrogen-bond donors (Lipinski definition) is 1. The summed E-state index contributed by atoms with van der Waals surface area (Å²) < 4.78 is 26.3. The van der Waals surface area contributed by atoms with Gasteiger partial charge in [0.25, 0.3) is 0 Å². The highest BCUT2D eigenvalue weighted by molar-refractivity contribution is 9.10. The van der Waals surface area contributed by atoms with Gasteiger partial charge in [0, 0.05) is 17.1 Å². The van der Waals surface area contributed by atoms with Gasteiger partial charge in [0.1, 0.15) is 12.4 Å². The molecule has 30 heavy (non-hydrogen) atoms. The molecule has 0 heterocycles. The van der Waals surface area contributed by atoms with E-state index in [-0.39, 0.29) is 12.4 Å². The van der Waals surface area contributed by atoms with Gasteiger partial charge in [-0.3, -0.25) is 0 Å². The number of hydrogen-bond acceptors (Lipinski definition) is 3. The first kappa shape index (κ1) is 22.6. The van der Waals surface area contributed by atoms with Crippen molar-refractivity contribution in [2.45, 2.75) is 26.5 Å². The van der Waals surface area contributed by atoms with Crippen LogP contribution < -0.4 is 14.8 Å². The molecule has 0 saturated heterocycles. The van der Waals surface area contributed by atoms with Crippen LogP contribution in [0.15, 0.2) is 65.1 Å². The molecule has 0 amide bonds. The zero-order valence-electron chi connectivity index (χ0n) is 16.8. The van der Waals surface area contributed by atoms with Gasteiger partial charge in [0.05, 0.1) is 11.1 Å². The minimum Gasteiger partial charge on any atom is -0.490 e. The Kier molecular flexibility index (Phi) is 8.55. The fourth-order valence-corrected chi connectivity index (χ4v) is 3.74. The summed E-state index contributed by atoms with van der Waals surface area (Å²) in [6.07, 6.45) is 0.917. The van der Waals surface area contributed by atoms with Crippen molar-refractivity contribution >= 4 is 27.5 Å². The quantitative estimate of drug-likeness (QED) is 0.325. The summed E-state index contributed by atoms with van der Waals surface area (Å²) in [4.78, 5) is 0. The van der Waals surface area contributed by atoms with Crippen LogP contribution in [-0.4, -0.2) is 13.2 Å². The van der Waals surface area contributed by atoms with Crippen LogP contribution in [0.2, 0.25) is 5.02 Å². The van der Waals surface area contributed by atoms with Gasteiger partial charge in [-0.15, -0.1) is 0 Å². The van der Waals surface area contributed by atoms with Gasteiger partial charge in [-0.2, -0.15) is 0 Å². The molecule has 0 aliphatic rings. The second kappa shape index (κ2) is 11.3. The van der Waals surface area contributed by atoms with Crippen molar-refractivity contribution in [3.8, 4) is 11.5 Å². The molecule has 6 heteroatoms. The van der Waals surface area contributed by atoms with Crippen LogP contribution in [0.5, 0.6) is 11.5 Å². The Morgan fingerprint density at radius 1 is 1.00 bits per heavy atom. The molecular weight excluding hydrogens is 469 g/mol. The third-order valence-corrected chi connectivity index (χ3v) is 5.37. The van der Waals surface area contributed by atoms with E-state index in [9.17, 15) is 4.39 Å². The van der Waals surface area contributed by atoms with Gasteiger partial charge in [0.2, 0.25) is 0 Å². The Hall–Kier alpha value is -2.08. The molecule has 0 atom stereocenters. The van der Waals surface area contributed by atoms with Crippen molar-refractivity contribution in [3.63, 3.8) is 0 Å². The SMILES string of the molecule is CCOc1cc(CNCCc2ccc(Cl)cc2)cc(Br)c1OCc1ccccc1F. The minimum absolute atomic E-state index is 0.129. The molecule has 0 fully saturated rings. The summed E-state index contributed by atoms with van der Waals surface area (Å²) in [5, 5.41) is 4.19. The molecule has 0 aliphatic carbocycles. The molecule has 3 aromatic rings. The molecule has 0 radical (unpaired) electrons. The van der Waals surface area contributed by atoms with Crippen molar-refractivity contribution < 1.29 is 13.9 Å². The highest BCUT2D eigenvalue weighted by Crippen LogP contribution is 2.37. The van der Waals surface area contributed by atoms with E-state index >= 15 is 0 Å². The summed E-state index contributed by atoms with van der Waals surface area (Å²) in [5.41, 5.74) is 2.81. The van der Waals surface area contributed by atoms with Crippen molar-refractivity contribution in [3.05, 3.63) is 92.7 Å². The van der Waals surface area contributed by atoms with E-state index in [0.717, 1.165) is 28.0 Å². The topological polar surface area (TPSA) is 30.5 Å². The minimum atomic E-state index is -0.284. The van der Waals surface area contributed by atoms with Crippen molar-refractivity contribution in [1.29, 1.82) is 0 Å². The molecule has 3 nitrogen and oxygen atoms in total. The first-order chi connectivity index (χ1) is 14.6. The first-order valence-electron chi connectivity index (χ1n) is 9.83. The molecule has 0 aromatic heterocycles. The van der Waals surface area contributed by atoms with Gasteiger partial charge >= 0.3 is 0 Å². The molecule has 0 spiro atoms. The molecule has 0 unspecified atom stereocenters. The lowest BCUT2D eigenvalue weighted by Crippen LogP contribution is -2.17. The summed E-state index contributed by atoms with van der Waals surface area (Å²) in [6.45, 7) is 4.10. The predicted octanol–water partition coefficient (Wildman–Crippen LogP) is 6.55. The lowest BCUT2D eigenvalue weighted by atomic mass is 10.1. The maximum absolute atomic E-state index is 13.9. The Labute approximate surface area is 190 Å². The second-order valence-electron chi connectivity index (χ2n) is 6.77. The average molecular weight is 493 g/mol. The van der Waals surface area contributed by atoms with Gasteiger partial charge < -0.3 is 14.8 Å². The summed E-state index contributed by atoms with van der Waals surface area (Å²) in [5.74, 6) is 0.927. The Bertz CT molecular complexity index is 966. The zero-order valence-corrected chi connectivity index (χ0v) is 19.1. The number of rotatable bonds is 10. The average Bonchev–Trinajstić information content (AvgIpc) is 2.73. The van der Waals surface area contributed by atoms with Crippen LogP contribution in [0, 0.1) is 5.82 Å². The van der Waals surface area contributed by atoms with E-state index in [0.29, 0.717) is 30.2 Å². The number of benzene rings is 3. The van der Waals surface area contributed by atoms with Crippen LogP contribution in [-0.2, 0) is 19.6 Å². The standard InChI is InChI=1S/C24H24BrClFNO2/c1-2-29-23-14-18(15-28-12-11-17-7-9-20(26)10-8-17)13-21(25)24(23)30-16-19-5-3-4-6-22(19)27/h3-10,13-14,28H,2,11-12,15-16H2,1H3. The Morgan fingerprint density at radius 3 is 2.50 bits per heavy atom. The smallest absolute Gasteiger partial charge is 0.175 e. The molecular formula is C24H24BrClFNO2. The van der Waals surface area contributed by atoms with Gasteiger partial charge in [-0.05, 0) is 77.3 Å². The highest BCUT2D eigenvalue weighted by atomic mass is 79.9. The predicted molar refractivity (Wildman–Crippen MR) is 123 cm³/mol. The molecule has 3 aromatic carbocycles. The maximum Gasteiger partial charge on any atom is 0.175 e. The zero-order chi connectivity index (χ0) is 21.3. The maximum atomic E-state index is 13.9. The summed E-state index contributed by atoms with van der Waals surface area (Å²) in [7, 11) is 0. The Balaban J connectivity index is 1.61. The van der Waals surface area contributed by atoms with Crippen LogP contribution in [0.3, 0.4) is 0 Å². The van der Waals surface area contributed by atoms with Gasteiger partial charge in [0.15, 0.2) is 11.5 Å². The largest absolute Gasteiger partial charge is 0.490 e. The molecule has 3 rings (SSSR count). The van der Waals surface area contributed by atoms with E-state index in [1.165, 1.54) is 11.6 Å². The Morgan fingerprint density at radius 2 is 1.77 bits per heavy atom. The monoisotopic (exact) mass is 491 g/mol. The first-order valence-corrected chi connectivity index (χ1v) is 11.0. The normalized spacial score (nSPS) is 10.8. The molecule has 0 bridgehead atoms. The lowest BCUT2D eigenvalue weighted by molar-refractivity contribution is 0.264. The van der Waals surface area contributed by atoms with E-state index < -0.39 is 0 Å². The number of nitrogens with one attached hydrogen (secondary N) is 1. The van der Waals surface area contributed by atoms with E-state index in [1.54, 1.807) is 18.2 Å². The second-order valence-corrected chi connectivity index (χ2v) is 8.06. The van der Waals surface area contributed by atoms with Gasteiger partial charge in [-0.25, -0.2) is 4.39 Å². The third kappa shape index (κ3) is 6.46. The third-order valence-electron chi connectivity index (χ3n) is 4.53. The number of halogens is 3. The van der Waals surface area contributed by atoms with Crippen LogP contribution in [0.4, 0.5) is 4.39 Å². The van der Waals surface area contributed by atoms with Crippen molar-refractivity contribution in [1.82, 2.24) is 5.32 Å². The van der Waals surface area contributed by atoms with Crippen molar-refractivity contribution in [2.75, 3.05) is 13.2 Å². The van der Waals surface area contributed by atoms with Crippen LogP contribution >= 0.6 is 27.5 Å².